The number of nitrogens with zero attached hydrogens (tertiary/aromatic N) is 1. The zero-order chi connectivity index (χ0) is 18.0. The van der Waals surface area contributed by atoms with Gasteiger partial charge in [-0.25, -0.2) is 4.79 Å². The van der Waals surface area contributed by atoms with Gasteiger partial charge < -0.3 is 19.7 Å². The molecule has 2 N–H and O–H groups in total. The lowest BCUT2D eigenvalue weighted by molar-refractivity contribution is -0.160. The molecule has 2 atom stereocenters. The quantitative estimate of drug-likeness (QED) is 0.799. The SMILES string of the molecule is CCCc1c(C(=O)N2CC(C(=O)O)O[C@H](C)C2)[nH]c(C)c1C(C)=O. The first-order valence-electron chi connectivity index (χ1n) is 8.16. The molecule has 1 aliphatic heterocycles. The highest BCUT2D eigenvalue weighted by atomic mass is 16.5. The third-order valence-electron chi connectivity index (χ3n) is 4.18. The van der Waals surface area contributed by atoms with E-state index in [2.05, 4.69) is 4.98 Å². The van der Waals surface area contributed by atoms with Gasteiger partial charge in [0.2, 0.25) is 0 Å². The Morgan fingerprint density at radius 2 is 2.00 bits per heavy atom. The van der Waals surface area contributed by atoms with E-state index in [9.17, 15) is 19.5 Å². The number of ether oxygens (including phenoxy) is 1. The summed E-state index contributed by atoms with van der Waals surface area (Å²) in [5.74, 6) is -1.44. The van der Waals surface area contributed by atoms with Crippen molar-refractivity contribution < 1.29 is 24.2 Å². The third kappa shape index (κ3) is 3.51. The minimum Gasteiger partial charge on any atom is -0.479 e. The number of Topliss-reactive ketones (excluding diaryl/α,β-unsaturated/α-hetero) is 1. The standard InChI is InChI=1S/C17H24N2O5/c1-5-6-12-14(11(4)20)10(3)18-15(12)16(21)19-7-9(2)24-13(8-19)17(22)23/h9,13,18H,5-8H2,1-4H3,(H,22,23)/t9-,13?/m1/s1. The predicted octanol–water partition coefficient (Wildman–Crippen LogP) is 1.79. The predicted molar refractivity (Wildman–Crippen MR) is 87.4 cm³/mol. The molecule has 1 aliphatic rings. The topological polar surface area (TPSA) is 99.7 Å². The van der Waals surface area contributed by atoms with Gasteiger partial charge in [0.05, 0.1) is 12.6 Å². The van der Waals surface area contributed by atoms with Crippen LogP contribution in [0.1, 0.15) is 59.3 Å². The molecule has 0 aliphatic carbocycles. The van der Waals surface area contributed by atoms with Gasteiger partial charge >= 0.3 is 5.97 Å². The summed E-state index contributed by atoms with van der Waals surface area (Å²) in [6.45, 7) is 7.30. The molecule has 2 heterocycles. The minimum atomic E-state index is -1.08. The second-order valence-electron chi connectivity index (χ2n) is 6.27. The van der Waals surface area contributed by atoms with Crippen molar-refractivity contribution in [3.63, 3.8) is 0 Å². The van der Waals surface area contributed by atoms with E-state index in [4.69, 9.17) is 4.74 Å². The summed E-state index contributed by atoms with van der Waals surface area (Å²) < 4.78 is 5.35. The molecule has 0 aromatic carbocycles. The smallest absolute Gasteiger partial charge is 0.334 e. The highest BCUT2D eigenvalue weighted by Crippen LogP contribution is 2.24. The van der Waals surface area contributed by atoms with Gasteiger partial charge in [-0.2, -0.15) is 0 Å². The number of morpholine rings is 1. The van der Waals surface area contributed by atoms with Gasteiger partial charge in [0.1, 0.15) is 5.69 Å². The third-order valence-corrected chi connectivity index (χ3v) is 4.18. The number of carbonyl (C=O) groups is 3. The Labute approximate surface area is 141 Å². The van der Waals surface area contributed by atoms with Crippen molar-refractivity contribution in [3.8, 4) is 0 Å². The van der Waals surface area contributed by atoms with E-state index in [1.165, 1.54) is 11.8 Å². The second-order valence-corrected chi connectivity index (χ2v) is 6.27. The fourth-order valence-electron chi connectivity index (χ4n) is 3.25. The number of ketones is 1. The summed E-state index contributed by atoms with van der Waals surface area (Å²) in [4.78, 5) is 40.6. The van der Waals surface area contributed by atoms with Crippen LogP contribution in [0.25, 0.3) is 0 Å². The largest absolute Gasteiger partial charge is 0.479 e. The Hall–Kier alpha value is -2.15. The summed E-state index contributed by atoms with van der Waals surface area (Å²) in [5.41, 5.74) is 2.35. The Bertz CT molecular complexity index is 664. The molecule has 0 radical (unpaired) electrons. The van der Waals surface area contributed by atoms with E-state index in [0.717, 1.165) is 12.0 Å². The van der Waals surface area contributed by atoms with Crippen molar-refractivity contribution in [2.75, 3.05) is 13.1 Å². The summed E-state index contributed by atoms with van der Waals surface area (Å²) in [6, 6.07) is 0. The van der Waals surface area contributed by atoms with Gasteiger partial charge in [0.15, 0.2) is 11.9 Å². The van der Waals surface area contributed by atoms with Crippen LogP contribution in [-0.4, -0.2) is 57.9 Å². The number of rotatable bonds is 5. The molecule has 2 rings (SSSR count). The molecule has 7 nitrogen and oxygen atoms in total. The van der Waals surface area contributed by atoms with E-state index >= 15 is 0 Å². The molecule has 1 unspecified atom stereocenters. The maximum absolute atomic E-state index is 12.9. The lowest BCUT2D eigenvalue weighted by Gasteiger charge is -2.34. The van der Waals surface area contributed by atoms with Crippen LogP contribution in [0.3, 0.4) is 0 Å². The Kier molecular flexibility index (Phi) is 5.43. The number of carbonyl (C=O) groups excluding carboxylic acids is 2. The number of carboxylic acid groups (broad SMARTS) is 1. The molecule has 1 amide bonds. The molecule has 1 aromatic heterocycles. The highest BCUT2D eigenvalue weighted by molar-refractivity contribution is 6.02. The first-order chi connectivity index (χ1) is 11.3. The first kappa shape index (κ1) is 18.2. The molecular weight excluding hydrogens is 312 g/mol. The molecule has 1 aromatic rings. The van der Waals surface area contributed by atoms with E-state index < -0.39 is 12.1 Å². The number of aryl methyl sites for hydroxylation is 1. The second kappa shape index (κ2) is 7.17. The Morgan fingerprint density at radius 3 is 2.54 bits per heavy atom. The molecule has 1 fully saturated rings. The van der Waals surface area contributed by atoms with Gasteiger partial charge in [0.25, 0.3) is 5.91 Å². The fourth-order valence-corrected chi connectivity index (χ4v) is 3.25. The summed E-state index contributed by atoms with van der Waals surface area (Å²) in [5, 5.41) is 9.17. The molecule has 0 bridgehead atoms. The number of amides is 1. The van der Waals surface area contributed by atoms with Crippen LogP contribution in [-0.2, 0) is 16.0 Å². The lowest BCUT2D eigenvalue weighted by atomic mass is 10.0. The van der Waals surface area contributed by atoms with E-state index in [-0.39, 0.29) is 24.3 Å². The van der Waals surface area contributed by atoms with Crippen LogP contribution in [0.5, 0.6) is 0 Å². The number of hydrogen-bond donors (Lipinski definition) is 2. The van der Waals surface area contributed by atoms with Crippen LogP contribution < -0.4 is 0 Å². The van der Waals surface area contributed by atoms with Gasteiger partial charge in [-0.3, -0.25) is 9.59 Å². The van der Waals surface area contributed by atoms with Crippen molar-refractivity contribution >= 4 is 17.7 Å². The van der Waals surface area contributed by atoms with Crippen molar-refractivity contribution in [1.29, 1.82) is 0 Å². The van der Waals surface area contributed by atoms with Crippen molar-refractivity contribution in [1.82, 2.24) is 9.88 Å². The molecule has 0 spiro atoms. The number of aromatic amines is 1. The summed E-state index contributed by atoms with van der Waals surface area (Å²) >= 11 is 0. The Morgan fingerprint density at radius 1 is 1.33 bits per heavy atom. The molecule has 7 heteroatoms. The zero-order valence-electron chi connectivity index (χ0n) is 14.5. The maximum atomic E-state index is 12.9. The van der Waals surface area contributed by atoms with Crippen molar-refractivity contribution in [2.45, 2.75) is 52.7 Å². The molecule has 0 saturated carbocycles. The number of H-pyrrole nitrogens is 1. The number of nitrogens with one attached hydrogen (secondary N) is 1. The molecule has 24 heavy (non-hydrogen) atoms. The van der Waals surface area contributed by atoms with E-state index in [0.29, 0.717) is 29.9 Å². The van der Waals surface area contributed by atoms with Crippen LogP contribution in [0.4, 0.5) is 0 Å². The molecule has 132 valence electrons. The highest BCUT2D eigenvalue weighted by Gasteiger charge is 2.35. The number of aliphatic carboxylic acids is 1. The van der Waals surface area contributed by atoms with Crippen LogP contribution in [0.2, 0.25) is 0 Å². The zero-order valence-corrected chi connectivity index (χ0v) is 14.5. The molecule has 1 saturated heterocycles. The number of hydrogen-bond acceptors (Lipinski definition) is 4. The van der Waals surface area contributed by atoms with E-state index in [1.807, 2.05) is 6.92 Å². The van der Waals surface area contributed by atoms with Gasteiger partial charge in [-0.15, -0.1) is 0 Å². The summed E-state index contributed by atoms with van der Waals surface area (Å²) in [6.07, 6.45) is 0.0231. The summed E-state index contributed by atoms with van der Waals surface area (Å²) in [7, 11) is 0. The van der Waals surface area contributed by atoms with E-state index in [1.54, 1.807) is 13.8 Å². The normalized spacial score (nSPS) is 20.9. The minimum absolute atomic E-state index is 0.00244. The average molecular weight is 336 g/mol. The lowest BCUT2D eigenvalue weighted by Crippen LogP contribution is -2.52. The van der Waals surface area contributed by atoms with Crippen molar-refractivity contribution in [3.05, 3.63) is 22.5 Å². The van der Waals surface area contributed by atoms with Crippen LogP contribution >= 0.6 is 0 Å². The van der Waals surface area contributed by atoms with Gasteiger partial charge in [-0.1, -0.05) is 13.3 Å². The first-order valence-corrected chi connectivity index (χ1v) is 8.16. The van der Waals surface area contributed by atoms with Crippen LogP contribution in [0.15, 0.2) is 0 Å². The van der Waals surface area contributed by atoms with Crippen molar-refractivity contribution in [2.24, 2.45) is 0 Å². The molecular formula is C17H24N2O5. The average Bonchev–Trinajstić information content (AvgIpc) is 2.82. The Balaban J connectivity index is 2.37. The number of aromatic nitrogens is 1. The maximum Gasteiger partial charge on any atom is 0.334 e. The fraction of sp³-hybridized carbons (Fsp3) is 0.588. The van der Waals surface area contributed by atoms with Gasteiger partial charge in [0, 0.05) is 17.8 Å². The van der Waals surface area contributed by atoms with Gasteiger partial charge in [-0.05, 0) is 32.8 Å². The van der Waals surface area contributed by atoms with Crippen LogP contribution in [0, 0.1) is 6.92 Å². The number of carboxylic acids is 1. The monoisotopic (exact) mass is 336 g/mol.